The standard InChI is InChI=1S/C13H17N5O4S3/c1-22-13(15)10(21)18-8(9(19)20)6(4-23-11(13)18)5-24-12-17-16-7(25-12)2-3-14/h11H,2-5,14-15H2,1H3,(H,19,20)/t11-,13-/m0/s1. The van der Waals surface area contributed by atoms with E-state index >= 15 is 0 Å². The van der Waals surface area contributed by atoms with E-state index in [0.717, 1.165) is 9.35 Å². The fraction of sp³-hybridized carbons (Fsp3) is 0.538. The van der Waals surface area contributed by atoms with Crippen LogP contribution in [-0.2, 0) is 20.7 Å². The van der Waals surface area contributed by atoms with Crippen molar-refractivity contribution < 1.29 is 19.4 Å². The topological polar surface area (TPSA) is 145 Å². The van der Waals surface area contributed by atoms with Crippen molar-refractivity contribution >= 4 is 46.7 Å². The van der Waals surface area contributed by atoms with E-state index in [1.165, 1.54) is 46.9 Å². The first-order chi connectivity index (χ1) is 11.9. The fourth-order valence-electron chi connectivity index (χ4n) is 2.58. The second-order valence-corrected chi connectivity index (χ2v) is 8.74. The highest BCUT2D eigenvalue weighted by Gasteiger charge is 2.63. The molecule has 2 atom stereocenters. The summed E-state index contributed by atoms with van der Waals surface area (Å²) in [6, 6.07) is 0. The van der Waals surface area contributed by atoms with E-state index in [1.807, 2.05) is 0 Å². The number of aliphatic carboxylic acids is 1. The third-order valence-electron chi connectivity index (χ3n) is 3.86. The molecule has 0 aromatic carbocycles. The molecule has 1 fully saturated rings. The number of carbonyl (C=O) groups is 2. The lowest BCUT2D eigenvalue weighted by atomic mass is 10.00. The van der Waals surface area contributed by atoms with Crippen LogP contribution in [0.5, 0.6) is 0 Å². The number of nitrogens with two attached hydrogens (primary N) is 2. The Morgan fingerprint density at radius 3 is 2.96 bits per heavy atom. The molecule has 3 rings (SSSR count). The molecule has 2 aliphatic rings. The zero-order chi connectivity index (χ0) is 18.2. The molecule has 0 bridgehead atoms. The van der Waals surface area contributed by atoms with Crippen LogP contribution in [0.3, 0.4) is 0 Å². The lowest BCUT2D eigenvalue weighted by molar-refractivity contribution is -0.182. The molecule has 25 heavy (non-hydrogen) atoms. The minimum atomic E-state index is -1.46. The number of nitrogens with zero attached hydrogens (tertiary/aromatic N) is 3. The monoisotopic (exact) mass is 403 g/mol. The van der Waals surface area contributed by atoms with Gasteiger partial charge in [0.1, 0.15) is 16.1 Å². The van der Waals surface area contributed by atoms with Crippen molar-refractivity contribution in [2.24, 2.45) is 11.5 Å². The number of carboxylic acid groups (broad SMARTS) is 1. The summed E-state index contributed by atoms with van der Waals surface area (Å²) in [6.45, 7) is 0.503. The van der Waals surface area contributed by atoms with Crippen LogP contribution >= 0.6 is 34.9 Å². The average molecular weight is 404 g/mol. The SMILES string of the molecule is CO[C@@]1(N)C(=O)N2C(C(=O)O)=C(CSc3nnc(CCN)s3)CS[C@H]21. The van der Waals surface area contributed by atoms with Crippen LogP contribution in [0.1, 0.15) is 5.01 Å². The van der Waals surface area contributed by atoms with Crippen LogP contribution in [0.15, 0.2) is 15.6 Å². The van der Waals surface area contributed by atoms with E-state index in [0.29, 0.717) is 30.0 Å². The Bertz CT molecular complexity index is 739. The Labute approximate surface area is 156 Å². The van der Waals surface area contributed by atoms with Crippen molar-refractivity contribution in [3.8, 4) is 0 Å². The van der Waals surface area contributed by atoms with E-state index in [2.05, 4.69) is 10.2 Å². The summed E-state index contributed by atoms with van der Waals surface area (Å²) in [5.74, 6) is -0.811. The van der Waals surface area contributed by atoms with Crippen LogP contribution in [0.2, 0.25) is 0 Å². The van der Waals surface area contributed by atoms with E-state index in [1.54, 1.807) is 0 Å². The molecule has 0 aliphatic carbocycles. The third kappa shape index (κ3) is 3.17. The number of hydrogen-bond donors (Lipinski definition) is 3. The van der Waals surface area contributed by atoms with Crippen LogP contribution in [0.25, 0.3) is 0 Å². The predicted molar refractivity (Wildman–Crippen MR) is 95.1 cm³/mol. The Kier molecular flexibility index (Phi) is 5.37. The molecule has 1 saturated heterocycles. The van der Waals surface area contributed by atoms with Gasteiger partial charge in [0.15, 0.2) is 4.34 Å². The number of hydrogen-bond acceptors (Lipinski definition) is 10. The van der Waals surface area contributed by atoms with Crippen LogP contribution in [-0.4, -0.2) is 68.3 Å². The lowest BCUT2D eigenvalue weighted by Crippen LogP contribution is -2.78. The first kappa shape index (κ1) is 18.6. The van der Waals surface area contributed by atoms with Crippen LogP contribution < -0.4 is 11.5 Å². The molecule has 136 valence electrons. The van der Waals surface area contributed by atoms with Crippen molar-refractivity contribution in [1.29, 1.82) is 0 Å². The summed E-state index contributed by atoms with van der Waals surface area (Å²) in [6.07, 6.45) is 0.663. The zero-order valence-electron chi connectivity index (χ0n) is 13.3. The molecule has 0 unspecified atom stereocenters. The number of aromatic nitrogens is 2. The Balaban J connectivity index is 1.77. The van der Waals surface area contributed by atoms with Gasteiger partial charge in [-0.1, -0.05) is 23.1 Å². The molecule has 9 nitrogen and oxygen atoms in total. The van der Waals surface area contributed by atoms with Gasteiger partial charge in [0, 0.05) is 25.0 Å². The number of rotatable bonds is 7. The molecule has 2 aliphatic heterocycles. The Morgan fingerprint density at radius 1 is 1.56 bits per heavy atom. The van der Waals surface area contributed by atoms with Gasteiger partial charge in [-0.3, -0.25) is 15.4 Å². The zero-order valence-corrected chi connectivity index (χ0v) is 15.7. The minimum Gasteiger partial charge on any atom is -0.477 e. The van der Waals surface area contributed by atoms with Crippen molar-refractivity contribution in [2.75, 3.05) is 25.2 Å². The van der Waals surface area contributed by atoms with Crippen molar-refractivity contribution in [3.05, 3.63) is 16.3 Å². The summed E-state index contributed by atoms with van der Waals surface area (Å²) in [4.78, 5) is 25.2. The van der Waals surface area contributed by atoms with Gasteiger partial charge in [-0.25, -0.2) is 4.79 Å². The second-order valence-electron chi connectivity index (χ2n) is 5.38. The van der Waals surface area contributed by atoms with E-state index in [9.17, 15) is 14.7 Å². The molecular weight excluding hydrogens is 386 g/mol. The highest BCUT2D eigenvalue weighted by Crippen LogP contribution is 2.46. The fourth-order valence-corrected chi connectivity index (χ4v) is 6.03. The van der Waals surface area contributed by atoms with Crippen molar-refractivity contribution in [3.63, 3.8) is 0 Å². The van der Waals surface area contributed by atoms with E-state index in [4.69, 9.17) is 16.2 Å². The van der Waals surface area contributed by atoms with Gasteiger partial charge in [0.2, 0.25) is 5.72 Å². The van der Waals surface area contributed by atoms with Crippen molar-refractivity contribution in [1.82, 2.24) is 15.1 Å². The molecule has 1 aromatic rings. The smallest absolute Gasteiger partial charge is 0.352 e. The first-order valence-corrected chi connectivity index (χ1v) is 10.2. The number of amides is 1. The summed E-state index contributed by atoms with van der Waals surface area (Å²) in [7, 11) is 1.35. The van der Waals surface area contributed by atoms with Gasteiger partial charge in [0.25, 0.3) is 5.91 Å². The molecule has 5 N–H and O–H groups in total. The molecule has 3 heterocycles. The van der Waals surface area contributed by atoms with E-state index < -0.39 is 23.0 Å². The number of fused-ring (bicyclic) bond motifs is 1. The summed E-state index contributed by atoms with van der Waals surface area (Å²) < 4.78 is 5.84. The molecule has 1 aromatic heterocycles. The Hall–Kier alpha value is -1.18. The quantitative estimate of drug-likeness (QED) is 0.315. The molecule has 12 heteroatoms. The highest BCUT2D eigenvalue weighted by atomic mass is 32.2. The van der Waals surface area contributed by atoms with Gasteiger partial charge in [0.05, 0.1) is 0 Å². The maximum absolute atomic E-state index is 12.3. The minimum absolute atomic E-state index is 0.00827. The molecular formula is C13H17N5O4S3. The van der Waals surface area contributed by atoms with Gasteiger partial charge >= 0.3 is 5.97 Å². The van der Waals surface area contributed by atoms with Crippen molar-refractivity contribution in [2.45, 2.75) is 21.9 Å². The van der Waals surface area contributed by atoms with Crippen LogP contribution in [0, 0.1) is 0 Å². The number of ether oxygens (including phenoxy) is 1. The van der Waals surface area contributed by atoms with E-state index in [-0.39, 0.29) is 5.70 Å². The number of carboxylic acids is 1. The van der Waals surface area contributed by atoms with Crippen LogP contribution in [0.4, 0.5) is 0 Å². The predicted octanol–water partition coefficient (Wildman–Crippen LogP) is -0.313. The normalized spacial score (nSPS) is 25.8. The highest BCUT2D eigenvalue weighted by molar-refractivity contribution is 8.01. The van der Waals surface area contributed by atoms with Gasteiger partial charge in [-0.2, -0.15) is 0 Å². The number of methoxy groups -OCH3 is 1. The molecule has 1 amide bonds. The average Bonchev–Trinajstić information content (AvgIpc) is 3.05. The van der Waals surface area contributed by atoms with Gasteiger partial charge < -0.3 is 15.6 Å². The maximum atomic E-state index is 12.3. The summed E-state index contributed by atoms with van der Waals surface area (Å²) in [5, 5.41) is 18.0. The number of carbonyl (C=O) groups excluding carboxylic acids is 1. The summed E-state index contributed by atoms with van der Waals surface area (Å²) in [5.41, 5.74) is 10.6. The lowest BCUT2D eigenvalue weighted by Gasteiger charge is -2.54. The maximum Gasteiger partial charge on any atom is 0.352 e. The molecule has 0 spiro atoms. The largest absolute Gasteiger partial charge is 0.477 e. The first-order valence-electron chi connectivity index (χ1n) is 7.32. The summed E-state index contributed by atoms with van der Waals surface area (Å²) >= 11 is 4.23. The second kappa shape index (κ2) is 7.21. The molecule has 0 saturated carbocycles. The molecule has 0 radical (unpaired) electrons. The van der Waals surface area contributed by atoms with Gasteiger partial charge in [-0.05, 0) is 12.1 Å². The number of thioether (sulfide) groups is 2. The number of β-lactam (4-membered cyclic amide) rings is 1. The Morgan fingerprint density at radius 2 is 2.32 bits per heavy atom. The third-order valence-corrected chi connectivity index (χ3v) is 7.46. The van der Waals surface area contributed by atoms with Gasteiger partial charge in [-0.15, -0.1) is 22.0 Å².